The van der Waals surface area contributed by atoms with Gasteiger partial charge in [0.25, 0.3) is 11.7 Å². The van der Waals surface area contributed by atoms with E-state index < -0.39 is 29.3 Å². The minimum Gasteiger partial charge on any atom is -0.507 e. The third kappa shape index (κ3) is 3.85. The molecule has 1 amide bonds. The Balaban J connectivity index is 1.86. The zero-order valence-electron chi connectivity index (χ0n) is 17.6. The molecule has 4 rings (SSSR count). The maximum atomic E-state index is 14.2. The number of pyridine rings is 1. The summed E-state index contributed by atoms with van der Waals surface area (Å²) >= 11 is 0. The third-order valence-corrected chi connectivity index (χ3v) is 5.52. The molecule has 2 aromatic carbocycles. The molecule has 32 heavy (non-hydrogen) atoms. The zero-order chi connectivity index (χ0) is 22.8. The predicted molar refractivity (Wildman–Crippen MR) is 116 cm³/mol. The van der Waals surface area contributed by atoms with E-state index in [1.54, 1.807) is 55.7 Å². The van der Waals surface area contributed by atoms with E-state index >= 15 is 0 Å². The molecule has 0 spiro atoms. The Labute approximate surface area is 184 Å². The van der Waals surface area contributed by atoms with Gasteiger partial charge in [-0.3, -0.25) is 14.6 Å². The summed E-state index contributed by atoms with van der Waals surface area (Å²) in [4.78, 5) is 31.4. The highest BCUT2D eigenvalue weighted by Crippen LogP contribution is 2.40. The summed E-state index contributed by atoms with van der Waals surface area (Å²) in [6.45, 7) is 1.74. The molecule has 0 unspecified atom stereocenters. The SMILES string of the molecule is COc1ccc([C@H]2C(=C(O)c3ccc(C)c(F)c3)C(=O)C(=O)N2Cc2ccncc2)cc1. The van der Waals surface area contributed by atoms with Gasteiger partial charge in [-0.05, 0) is 53.9 Å². The normalized spacial score (nSPS) is 17.6. The van der Waals surface area contributed by atoms with Gasteiger partial charge in [0.15, 0.2) is 0 Å². The summed E-state index contributed by atoms with van der Waals surface area (Å²) in [7, 11) is 1.54. The van der Waals surface area contributed by atoms with Gasteiger partial charge in [0.1, 0.15) is 17.3 Å². The van der Waals surface area contributed by atoms with Crippen LogP contribution in [0.5, 0.6) is 5.75 Å². The van der Waals surface area contributed by atoms with Gasteiger partial charge in [-0.2, -0.15) is 0 Å². The van der Waals surface area contributed by atoms with Crippen LogP contribution in [-0.4, -0.2) is 33.8 Å². The molecule has 1 fully saturated rings. The number of aromatic nitrogens is 1. The van der Waals surface area contributed by atoms with Crippen molar-refractivity contribution in [3.8, 4) is 5.75 Å². The lowest BCUT2D eigenvalue weighted by molar-refractivity contribution is -0.140. The maximum absolute atomic E-state index is 14.2. The third-order valence-electron chi connectivity index (χ3n) is 5.52. The van der Waals surface area contributed by atoms with E-state index in [1.165, 1.54) is 24.1 Å². The number of halogens is 1. The van der Waals surface area contributed by atoms with Crippen molar-refractivity contribution in [1.29, 1.82) is 0 Å². The number of amides is 1. The minimum absolute atomic E-state index is 0.0857. The number of ketones is 1. The molecular weight excluding hydrogens is 411 g/mol. The second-order valence-electron chi connectivity index (χ2n) is 7.52. The first-order valence-corrected chi connectivity index (χ1v) is 9.98. The molecule has 1 N–H and O–H groups in total. The van der Waals surface area contributed by atoms with Crippen molar-refractivity contribution < 1.29 is 23.8 Å². The smallest absolute Gasteiger partial charge is 0.295 e. The molecule has 0 saturated carbocycles. The number of aliphatic hydroxyl groups is 1. The fraction of sp³-hybridized carbons (Fsp3) is 0.160. The highest BCUT2D eigenvalue weighted by Gasteiger charge is 2.46. The van der Waals surface area contributed by atoms with Gasteiger partial charge >= 0.3 is 0 Å². The fourth-order valence-corrected chi connectivity index (χ4v) is 3.76. The summed E-state index contributed by atoms with van der Waals surface area (Å²) in [6, 6.07) is 13.7. The zero-order valence-corrected chi connectivity index (χ0v) is 17.6. The Hall–Kier alpha value is -4.00. The van der Waals surface area contributed by atoms with Gasteiger partial charge in [0, 0.05) is 24.5 Å². The number of Topliss-reactive ketones (excluding diaryl/α,β-unsaturated/α-hetero) is 1. The number of likely N-dealkylation sites (tertiary alicyclic amines) is 1. The van der Waals surface area contributed by atoms with Crippen LogP contribution in [0.15, 0.2) is 72.6 Å². The molecule has 1 saturated heterocycles. The number of hydrogen-bond acceptors (Lipinski definition) is 5. The molecule has 1 atom stereocenters. The molecule has 1 aliphatic rings. The average molecular weight is 432 g/mol. The average Bonchev–Trinajstić information content (AvgIpc) is 3.06. The number of rotatable bonds is 5. The van der Waals surface area contributed by atoms with Gasteiger partial charge < -0.3 is 14.7 Å². The van der Waals surface area contributed by atoms with Crippen LogP contribution in [0.3, 0.4) is 0 Å². The van der Waals surface area contributed by atoms with Gasteiger partial charge in [-0.1, -0.05) is 24.3 Å². The van der Waals surface area contributed by atoms with Crippen molar-refractivity contribution in [2.45, 2.75) is 19.5 Å². The number of ether oxygens (including phenoxy) is 1. The van der Waals surface area contributed by atoms with Crippen LogP contribution in [0.25, 0.3) is 5.76 Å². The quantitative estimate of drug-likeness (QED) is 0.372. The number of aliphatic hydroxyl groups excluding tert-OH is 1. The summed E-state index contributed by atoms with van der Waals surface area (Å²) in [5.74, 6) is -1.88. The van der Waals surface area contributed by atoms with E-state index in [0.29, 0.717) is 16.9 Å². The molecule has 6 nitrogen and oxygen atoms in total. The van der Waals surface area contributed by atoms with Crippen molar-refractivity contribution in [3.63, 3.8) is 0 Å². The van der Waals surface area contributed by atoms with E-state index in [-0.39, 0.29) is 17.7 Å². The van der Waals surface area contributed by atoms with Crippen LogP contribution in [-0.2, 0) is 16.1 Å². The first-order valence-electron chi connectivity index (χ1n) is 9.98. The van der Waals surface area contributed by atoms with Crippen LogP contribution in [0, 0.1) is 12.7 Å². The van der Waals surface area contributed by atoms with Crippen molar-refractivity contribution in [2.75, 3.05) is 7.11 Å². The Morgan fingerprint density at radius 1 is 1.09 bits per heavy atom. The fourth-order valence-electron chi connectivity index (χ4n) is 3.76. The van der Waals surface area contributed by atoms with Crippen LogP contribution in [0.2, 0.25) is 0 Å². The Morgan fingerprint density at radius 3 is 2.41 bits per heavy atom. The second kappa shape index (κ2) is 8.63. The number of benzene rings is 2. The lowest BCUT2D eigenvalue weighted by Gasteiger charge is -2.25. The van der Waals surface area contributed by atoms with Crippen LogP contribution >= 0.6 is 0 Å². The number of carbonyl (C=O) groups excluding carboxylic acids is 2. The van der Waals surface area contributed by atoms with Gasteiger partial charge in [0.05, 0.1) is 18.7 Å². The Kier molecular flexibility index (Phi) is 5.73. The largest absolute Gasteiger partial charge is 0.507 e. The van der Waals surface area contributed by atoms with E-state index in [4.69, 9.17) is 4.74 Å². The summed E-state index contributed by atoms with van der Waals surface area (Å²) in [5, 5.41) is 11.0. The number of aryl methyl sites for hydroxylation is 1. The topological polar surface area (TPSA) is 79.7 Å². The second-order valence-corrected chi connectivity index (χ2v) is 7.52. The van der Waals surface area contributed by atoms with Crippen molar-refractivity contribution in [2.24, 2.45) is 0 Å². The molecule has 0 aliphatic carbocycles. The minimum atomic E-state index is -0.849. The molecule has 1 aliphatic heterocycles. The van der Waals surface area contributed by atoms with Gasteiger partial charge in [-0.25, -0.2) is 4.39 Å². The number of nitrogens with zero attached hydrogens (tertiary/aromatic N) is 2. The first kappa shape index (κ1) is 21.2. The van der Waals surface area contributed by atoms with Crippen molar-refractivity contribution in [1.82, 2.24) is 9.88 Å². The first-order chi connectivity index (χ1) is 15.4. The van der Waals surface area contributed by atoms with E-state index in [0.717, 1.165) is 11.6 Å². The molecule has 0 radical (unpaired) electrons. The van der Waals surface area contributed by atoms with E-state index in [1.807, 2.05) is 0 Å². The predicted octanol–water partition coefficient (Wildman–Crippen LogP) is 4.16. The molecular formula is C25H21FN2O4. The van der Waals surface area contributed by atoms with Gasteiger partial charge in [0.2, 0.25) is 0 Å². The summed E-state index contributed by atoms with van der Waals surface area (Å²) in [5.41, 5.74) is 1.85. The number of methoxy groups -OCH3 is 1. The molecule has 0 bridgehead atoms. The van der Waals surface area contributed by atoms with Gasteiger partial charge in [-0.15, -0.1) is 0 Å². The molecule has 1 aromatic heterocycles. The van der Waals surface area contributed by atoms with Crippen LogP contribution in [0.1, 0.15) is 28.3 Å². The number of carbonyl (C=O) groups is 2. The Bertz CT molecular complexity index is 1210. The van der Waals surface area contributed by atoms with E-state index in [9.17, 15) is 19.1 Å². The lowest BCUT2D eigenvalue weighted by atomic mass is 9.94. The van der Waals surface area contributed by atoms with Crippen LogP contribution < -0.4 is 4.74 Å². The maximum Gasteiger partial charge on any atom is 0.295 e. The highest BCUT2D eigenvalue weighted by molar-refractivity contribution is 6.46. The Morgan fingerprint density at radius 2 is 1.78 bits per heavy atom. The standard InChI is InChI=1S/C25H21FN2O4/c1-15-3-4-18(13-20(15)26)23(29)21-22(17-5-7-19(32-2)8-6-17)28(25(31)24(21)30)14-16-9-11-27-12-10-16/h3-13,22,29H,14H2,1-2H3/t22-/m0/s1. The highest BCUT2D eigenvalue weighted by atomic mass is 19.1. The van der Waals surface area contributed by atoms with Crippen molar-refractivity contribution >= 4 is 17.4 Å². The van der Waals surface area contributed by atoms with E-state index in [2.05, 4.69) is 4.98 Å². The molecule has 2 heterocycles. The monoisotopic (exact) mass is 432 g/mol. The lowest BCUT2D eigenvalue weighted by Crippen LogP contribution is -2.29. The van der Waals surface area contributed by atoms with Crippen LogP contribution in [0.4, 0.5) is 4.39 Å². The molecule has 7 heteroatoms. The number of hydrogen-bond donors (Lipinski definition) is 1. The van der Waals surface area contributed by atoms with Crippen molar-refractivity contribution in [3.05, 3.63) is 101 Å². The summed E-state index contributed by atoms with van der Waals surface area (Å²) in [6.07, 6.45) is 3.20. The molecule has 162 valence electrons. The molecule has 3 aromatic rings. The summed E-state index contributed by atoms with van der Waals surface area (Å²) < 4.78 is 19.4.